The Bertz CT molecular complexity index is 1010. The highest BCUT2D eigenvalue weighted by Gasteiger charge is 2.18. The van der Waals surface area contributed by atoms with Crippen LogP contribution in [0.15, 0.2) is 61.1 Å². The largest absolute Gasteiger partial charge is 0.496 e. The van der Waals surface area contributed by atoms with Crippen molar-refractivity contribution < 1.29 is 14.3 Å². The Morgan fingerprint density at radius 3 is 2.62 bits per heavy atom. The molecule has 1 heterocycles. The van der Waals surface area contributed by atoms with Crippen molar-refractivity contribution in [3.8, 4) is 11.4 Å². The average molecular weight is 392 g/mol. The zero-order chi connectivity index (χ0) is 20.8. The van der Waals surface area contributed by atoms with Crippen molar-refractivity contribution in [3.63, 3.8) is 0 Å². The van der Waals surface area contributed by atoms with Crippen LogP contribution in [0.4, 0.5) is 0 Å². The SMILES string of the molecule is COc1ccccc1CN(C)C(=O)c1ccccc1-n1cnc(CNC(C)=O)c1. The lowest BCUT2D eigenvalue weighted by molar-refractivity contribution is -0.119. The second-order valence-electron chi connectivity index (χ2n) is 6.67. The number of nitrogens with zero attached hydrogens (tertiary/aromatic N) is 3. The van der Waals surface area contributed by atoms with E-state index in [9.17, 15) is 9.59 Å². The molecule has 3 rings (SSSR count). The van der Waals surface area contributed by atoms with Crippen LogP contribution >= 0.6 is 0 Å². The maximum Gasteiger partial charge on any atom is 0.256 e. The van der Waals surface area contributed by atoms with Crippen LogP contribution in [0, 0.1) is 0 Å². The van der Waals surface area contributed by atoms with Gasteiger partial charge in [0, 0.05) is 32.3 Å². The monoisotopic (exact) mass is 392 g/mol. The summed E-state index contributed by atoms with van der Waals surface area (Å²) in [7, 11) is 3.38. The Hall–Kier alpha value is -3.61. The number of rotatable bonds is 7. The van der Waals surface area contributed by atoms with Gasteiger partial charge in [-0.3, -0.25) is 9.59 Å². The molecule has 0 unspecified atom stereocenters. The number of hydrogen-bond donors (Lipinski definition) is 1. The quantitative estimate of drug-likeness (QED) is 0.671. The molecule has 0 atom stereocenters. The topological polar surface area (TPSA) is 76.5 Å². The molecule has 0 saturated carbocycles. The van der Waals surface area contributed by atoms with Gasteiger partial charge in [0.15, 0.2) is 0 Å². The number of methoxy groups -OCH3 is 1. The number of imidazole rings is 1. The van der Waals surface area contributed by atoms with Gasteiger partial charge in [-0.05, 0) is 18.2 Å². The summed E-state index contributed by atoms with van der Waals surface area (Å²) in [6.45, 7) is 2.23. The van der Waals surface area contributed by atoms with Crippen molar-refractivity contribution >= 4 is 11.8 Å². The van der Waals surface area contributed by atoms with E-state index < -0.39 is 0 Å². The second kappa shape index (κ2) is 9.05. The molecule has 3 aromatic rings. The van der Waals surface area contributed by atoms with Crippen LogP contribution in [0.5, 0.6) is 5.75 Å². The van der Waals surface area contributed by atoms with Gasteiger partial charge in [0.2, 0.25) is 5.91 Å². The van der Waals surface area contributed by atoms with Gasteiger partial charge in [0.1, 0.15) is 5.75 Å². The minimum atomic E-state index is -0.118. The van der Waals surface area contributed by atoms with Gasteiger partial charge in [-0.1, -0.05) is 30.3 Å². The third kappa shape index (κ3) is 4.82. The molecule has 0 bridgehead atoms. The van der Waals surface area contributed by atoms with E-state index in [2.05, 4.69) is 10.3 Å². The molecule has 29 heavy (non-hydrogen) atoms. The van der Waals surface area contributed by atoms with Crippen LogP contribution in [0.25, 0.3) is 5.69 Å². The van der Waals surface area contributed by atoms with Gasteiger partial charge in [-0.2, -0.15) is 0 Å². The molecule has 1 aromatic heterocycles. The first-order valence-corrected chi connectivity index (χ1v) is 9.23. The number of para-hydroxylation sites is 2. The number of amides is 2. The summed E-state index contributed by atoms with van der Waals surface area (Å²) in [5.74, 6) is 0.523. The normalized spacial score (nSPS) is 10.4. The lowest BCUT2D eigenvalue weighted by Crippen LogP contribution is -2.27. The summed E-state index contributed by atoms with van der Waals surface area (Å²) in [5, 5.41) is 2.72. The van der Waals surface area contributed by atoms with Crippen molar-refractivity contribution in [1.29, 1.82) is 0 Å². The van der Waals surface area contributed by atoms with E-state index in [1.165, 1.54) is 6.92 Å². The third-order valence-corrected chi connectivity index (χ3v) is 4.51. The molecular formula is C22H24N4O3. The number of carbonyl (C=O) groups excluding carboxylic acids is 2. The Morgan fingerprint density at radius 2 is 1.86 bits per heavy atom. The van der Waals surface area contributed by atoms with E-state index in [0.29, 0.717) is 24.3 Å². The predicted octanol–water partition coefficient (Wildman–Crippen LogP) is 2.79. The van der Waals surface area contributed by atoms with Crippen molar-refractivity contribution in [2.24, 2.45) is 0 Å². The fourth-order valence-electron chi connectivity index (χ4n) is 3.05. The summed E-state index contributed by atoms with van der Waals surface area (Å²) in [6, 6.07) is 15.0. The Morgan fingerprint density at radius 1 is 1.14 bits per heavy atom. The van der Waals surface area contributed by atoms with Crippen molar-refractivity contribution in [3.05, 3.63) is 77.9 Å². The molecule has 0 spiro atoms. The third-order valence-electron chi connectivity index (χ3n) is 4.51. The first-order valence-electron chi connectivity index (χ1n) is 9.23. The van der Waals surface area contributed by atoms with Crippen molar-refractivity contribution in [1.82, 2.24) is 19.8 Å². The van der Waals surface area contributed by atoms with Gasteiger partial charge in [-0.25, -0.2) is 4.98 Å². The summed E-state index contributed by atoms with van der Waals surface area (Å²) >= 11 is 0. The van der Waals surface area contributed by atoms with Crippen LogP contribution in [0.3, 0.4) is 0 Å². The number of aromatic nitrogens is 2. The molecule has 2 aromatic carbocycles. The summed E-state index contributed by atoms with van der Waals surface area (Å²) in [4.78, 5) is 30.2. The first kappa shape index (κ1) is 20.1. The lowest BCUT2D eigenvalue weighted by atomic mass is 10.1. The molecule has 0 saturated heterocycles. The molecule has 2 amide bonds. The Balaban J connectivity index is 1.82. The van der Waals surface area contributed by atoms with Gasteiger partial charge < -0.3 is 19.5 Å². The number of benzene rings is 2. The summed E-state index contributed by atoms with van der Waals surface area (Å²) in [5.41, 5.74) is 2.94. The number of hydrogen-bond acceptors (Lipinski definition) is 4. The summed E-state index contributed by atoms with van der Waals surface area (Å²) < 4.78 is 7.18. The number of ether oxygens (including phenoxy) is 1. The van der Waals surface area contributed by atoms with E-state index >= 15 is 0 Å². The zero-order valence-corrected chi connectivity index (χ0v) is 16.8. The van der Waals surface area contributed by atoms with E-state index in [1.54, 1.807) is 36.0 Å². The standard InChI is InChI=1S/C22H24N4O3/c1-16(27)23-12-18-14-26(15-24-18)20-10-6-5-9-19(20)22(28)25(2)13-17-8-4-7-11-21(17)29-3/h4-11,14-15H,12-13H2,1-3H3,(H,23,27). The maximum absolute atomic E-state index is 13.2. The van der Waals surface area contributed by atoms with Gasteiger partial charge in [0.05, 0.1) is 36.9 Å². The van der Waals surface area contributed by atoms with Gasteiger partial charge >= 0.3 is 0 Å². The van der Waals surface area contributed by atoms with Crippen LogP contribution < -0.4 is 10.1 Å². The first-order chi connectivity index (χ1) is 14.0. The van der Waals surface area contributed by atoms with Crippen LogP contribution in [0.2, 0.25) is 0 Å². The molecular weight excluding hydrogens is 368 g/mol. The highest BCUT2D eigenvalue weighted by atomic mass is 16.5. The molecule has 150 valence electrons. The van der Waals surface area contributed by atoms with Crippen molar-refractivity contribution in [2.75, 3.05) is 14.2 Å². The molecule has 0 radical (unpaired) electrons. The molecule has 0 aliphatic carbocycles. The number of carbonyl (C=O) groups is 2. The lowest BCUT2D eigenvalue weighted by Gasteiger charge is -2.20. The van der Waals surface area contributed by atoms with E-state index in [-0.39, 0.29) is 11.8 Å². The molecule has 0 aliphatic heterocycles. The predicted molar refractivity (Wildman–Crippen MR) is 110 cm³/mol. The molecule has 7 nitrogen and oxygen atoms in total. The van der Waals surface area contributed by atoms with Gasteiger partial charge in [0.25, 0.3) is 5.91 Å². The smallest absolute Gasteiger partial charge is 0.256 e. The highest BCUT2D eigenvalue weighted by molar-refractivity contribution is 5.97. The minimum absolute atomic E-state index is 0.108. The molecule has 1 N–H and O–H groups in total. The second-order valence-corrected chi connectivity index (χ2v) is 6.67. The maximum atomic E-state index is 13.2. The average Bonchev–Trinajstić information content (AvgIpc) is 3.21. The van der Waals surface area contributed by atoms with E-state index in [1.807, 2.05) is 48.7 Å². The van der Waals surface area contributed by atoms with Crippen LogP contribution in [-0.2, 0) is 17.9 Å². The Labute approximate surface area is 169 Å². The van der Waals surface area contributed by atoms with Crippen molar-refractivity contribution in [2.45, 2.75) is 20.0 Å². The van der Waals surface area contributed by atoms with Crippen LogP contribution in [0.1, 0.15) is 28.5 Å². The van der Waals surface area contributed by atoms with E-state index in [0.717, 1.165) is 17.0 Å². The van der Waals surface area contributed by atoms with Crippen LogP contribution in [-0.4, -0.2) is 40.4 Å². The fourth-order valence-corrected chi connectivity index (χ4v) is 3.05. The number of nitrogens with one attached hydrogen (secondary N) is 1. The Kier molecular flexibility index (Phi) is 6.29. The molecule has 0 fully saturated rings. The molecule has 0 aliphatic rings. The van der Waals surface area contributed by atoms with E-state index in [4.69, 9.17) is 4.74 Å². The molecule has 7 heteroatoms. The zero-order valence-electron chi connectivity index (χ0n) is 16.8. The highest BCUT2D eigenvalue weighted by Crippen LogP contribution is 2.21. The minimum Gasteiger partial charge on any atom is -0.496 e. The fraction of sp³-hybridized carbons (Fsp3) is 0.227. The van der Waals surface area contributed by atoms with Gasteiger partial charge in [-0.15, -0.1) is 0 Å². The summed E-state index contributed by atoms with van der Waals surface area (Å²) in [6.07, 6.45) is 3.45.